The number of hydrogen-bond donors (Lipinski definition) is 3. The highest BCUT2D eigenvalue weighted by Crippen LogP contribution is 2.50. The third-order valence-electron chi connectivity index (χ3n) is 6.20. The van der Waals surface area contributed by atoms with Gasteiger partial charge < -0.3 is 25.7 Å². The summed E-state index contributed by atoms with van der Waals surface area (Å²) >= 11 is 0. The van der Waals surface area contributed by atoms with Crippen molar-refractivity contribution in [3.05, 3.63) is 48.0 Å². The molecule has 2 aliphatic rings. The molecule has 2 aromatic rings. The number of carbonyl (C=O) groups is 3. The molecule has 0 spiro atoms. The maximum Gasteiger partial charge on any atom is 0.573 e. The minimum atomic E-state index is -4.81. The number of benzene rings is 1. The van der Waals surface area contributed by atoms with Crippen LogP contribution in [-0.4, -0.2) is 57.6 Å². The molecule has 190 valence electrons. The highest BCUT2D eigenvalue weighted by Gasteiger charge is 2.55. The quantitative estimate of drug-likeness (QED) is 0.496. The number of ether oxygens (including phenoxy) is 1. The largest absolute Gasteiger partial charge is 0.573 e. The zero-order chi connectivity index (χ0) is 25.9. The molecule has 36 heavy (non-hydrogen) atoms. The number of alkyl halides is 3. The number of aromatic amines is 1. The Kier molecular flexibility index (Phi) is 6.92. The Morgan fingerprint density at radius 3 is 2.58 bits per heavy atom. The first kappa shape index (κ1) is 25.1. The molecular weight excluding hydrogens is 479 g/mol. The third kappa shape index (κ3) is 5.79. The van der Waals surface area contributed by atoms with Crippen LogP contribution in [0.5, 0.6) is 5.75 Å². The molecule has 1 aliphatic heterocycles. The number of H-pyrrole nitrogens is 1. The highest BCUT2D eigenvalue weighted by atomic mass is 19.4. The Bertz CT molecular complexity index is 1180. The Labute approximate surface area is 204 Å². The molecule has 2 atom stereocenters. The number of primary amides is 1. The van der Waals surface area contributed by atoms with Crippen molar-refractivity contribution < 1.29 is 32.3 Å². The topological polar surface area (TPSA) is 130 Å². The fourth-order valence-electron chi connectivity index (χ4n) is 4.38. The highest BCUT2D eigenvalue weighted by molar-refractivity contribution is 5.96. The van der Waals surface area contributed by atoms with Gasteiger partial charge >= 0.3 is 6.36 Å². The van der Waals surface area contributed by atoms with Crippen LogP contribution in [0.4, 0.5) is 13.2 Å². The fourth-order valence-corrected chi connectivity index (χ4v) is 4.38. The van der Waals surface area contributed by atoms with Gasteiger partial charge in [0.05, 0.1) is 17.9 Å². The molecule has 1 saturated heterocycles. The maximum atomic E-state index is 13.5. The molecule has 9 nitrogen and oxygen atoms in total. The van der Waals surface area contributed by atoms with Crippen molar-refractivity contribution in [3.8, 4) is 17.6 Å². The van der Waals surface area contributed by atoms with Gasteiger partial charge in [0.25, 0.3) is 0 Å². The summed E-state index contributed by atoms with van der Waals surface area (Å²) in [6, 6.07) is 3.62. The number of nitrogens with two attached hydrogens (primary N) is 1. The van der Waals surface area contributed by atoms with Crippen LogP contribution in [0, 0.1) is 11.8 Å². The van der Waals surface area contributed by atoms with Crippen molar-refractivity contribution in [2.45, 2.75) is 56.0 Å². The van der Waals surface area contributed by atoms with Gasteiger partial charge in [-0.2, -0.15) is 0 Å². The molecular formula is C24H24F3N5O4. The van der Waals surface area contributed by atoms with Crippen LogP contribution in [-0.2, 0) is 19.8 Å². The van der Waals surface area contributed by atoms with Gasteiger partial charge in [0.1, 0.15) is 11.8 Å². The first-order valence-electron chi connectivity index (χ1n) is 11.3. The number of halogens is 3. The van der Waals surface area contributed by atoms with Crippen molar-refractivity contribution in [1.82, 2.24) is 20.2 Å². The zero-order valence-corrected chi connectivity index (χ0v) is 19.1. The van der Waals surface area contributed by atoms with Crippen LogP contribution in [0.1, 0.15) is 43.5 Å². The molecule has 12 heteroatoms. The lowest BCUT2D eigenvalue weighted by atomic mass is 9.93. The van der Waals surface area contributed by atoms with Crippen LogP contribution in [0.25, 0.3) is 0 Å². The second kappa shape index (κ2) is 9.93. The summed E-state index contributed by atoms with van der Waals surface area (Å²) in [7, 11) is 0. The summed E-state index contributed by atoms with van der Waals surface area (Å²) < 4.78 is 41.3. The molecule has 0 unspecified atom stereocenters. The van der Waals surface area contributed by atoms with E-state index in [0.29, 0.717) is 43.6 Å². The summed E-state index contributed by atoms with van der Waals surface area (Å²) in [4.78, 5) is 46.4. The number of rotatable bonds is 7. The molecule has 1 saturated carbocycles. The van der Waals surface area contributed by atoms with E-state index < -0.39 is 35.7 Å². The van der Waals surface area contributed by atoms with Crippen molar-refractivity contribution in [1.29, 1.82) is 0 Å². The molecule has 0 radical (unpaired) electrons. The van der Waals surface area contributed by atoms with Gasteiger partial charge in [0.2, 0.25) is 17.7 Å². The number of hydrogen-bond acceptors (Lipinski definition) is 5. The normalized spacial score (nSPS) is 19.1. The standard InChI is InChI=1S/C24H24F3N5O4/c25-24(26,27)36-17-6-3-15(4-7-17)23(9-10-23)22(35)32-13-1-2-18(32)21(34)31-16(14-19(28)33)5-8-20-29-11-12-30-20/h3-4,6-7,11-12,16,18H,1-2,9-10,13-14H2,(H2,28,33)(H,29,30)(H,31,34)/t16-,18+/m1/s1. The molecule has 2 heterocycles. The molecule has 0 bridgehead atoms. The minimum absolute atomic E-state index is 0.212. The van der Waals surface area contributed by atoms with Gasteiger partial charge in [-0.3, -0.25) is 14.4 Å². The smallest absolute Gasteiger partial charge is 0.406 e. The van der Waals surface area contributed by atoms with Crippen molar-refractivity contribution in [2.24, 2.45) is 5.73 Å². The van der Waals surface area contributed by atoms with Gasteiger partial charge in [0.15, 0.2) is 5.82 Å². The molecule has 4 rings (SSSR count). The van der Waals surface area contributed by atoms with Crippen LogP contribution >= 0.6 is 0 Å². The summed E-state index contributed by atoms with van der Waals surface area (Å²) in [6.45, 7) is 0.368. The predicted octanol–water partition coefficient (Wildman–Crippen LogP) is 1.74. The Balaban J connectivity index is 1.46. The van der Waals surface area contributed by atoms with E-state index in [4.69, 9.17) is 5.73 Å². The number of carbonyl (C=O) groups excluding carboxylic acids is 3. The average molecular weight is 503 g/mol. The minimum Gasteiger partial charge on any atom is -0.406 e. The van der Waals surface area contributed by atoms with Crippen molar-refractivity contribution in [3.63, 3.8) is 0 Å². The summed E-state index contributed by atoms with van der Waals surface area (Å²) in [5.74, 6) is 4.14. The van der Waals surface area contributed by atoms with Crippen molar-refractivity contribution >= 4 is 17.7 Å². The molecule has 3 amide bonds. The third-order valence-corrected chi connectivity index (χ3v) is 6.20. The van der Waals surface area contributed by atoms with E-state index in [9.17, 15) is 27.6 Å². The summed E-state index contributed by atoms with van der Waals surface area (Å²) in [5.41, 5.74) is 4.99. The van der Waals surface area contributed by atoms with E-state index in [-0.39, 0.29) is 18.1 Å². The van der Waals surface area contributed by atoms with E-state index in [2.05, 4.69) is 31.9 Å². The Morgan fingerprint density at radius 2 is 2.00 bits per heavy atom. The Morgan fingerprint density at radius 1 is 1.28 bits per heavy atom. The predicted molar refractivity (Wildman–Crippen MR) is 120 cm³/mol. The first-order chi connectivity index (χ1) is 17.1. The Hall–Kier alpha value is -4.01. The van der Waals surface area contributed by atoms with Crippen LogP contribution in [0.2, 0.25) is 0 Å². The number of nitrogens with zero attached hydrogens (tertiary/aromatic N) is 2. The van der Waals surface area contributed by atoms with Crippen molar-refractivity contribution in [2.75, 3.05) is 6.54 Å². The van der Waals surface area contributed by atoms with Gasteiger partial charge in [0, 0.05) is 18.9 Å². The second-order valence-corrected chi connectivity index (χ2v) is 8.75. The van der Waals surface area contributed by atoms with E-state index in [1.807, 2.05) is 0 Å². The monoisotopic (exact) mass is 503 g/mol. The molecule has 1 aromatic carbocycles. The summed E-state index contributed by atoms with van der Waals surface area (Å²) in [5, 5.41) is 2.71. The summed E-state index contributed by atoms with van der Waals surface area (Å²) in [6.07, 6.45) is 0.161. The lowest BCUT2D eigenvalue weighted by molar-refractivity contribution is -0.274. The molecule has 1 aromatic heterocycles. The van der Waals surface area contributed by atoms with Crippen LogP contribution < -0.4 is 15.8 Å². The lowest BCUT2D eigenvalue weighted by Crippen LogP contribution is -2.51. The van der Waals surface area contributed by atoms with Gasteiger partial charge in [-0.15, -0.1) is 13.2 Å². The van der Waals surface area contributed by atoms with Crippen LogP contribution in [0.15, 0.2) is 36.7 Å². The first-order valence-corrected chi connectivity index (χ1v) is 11.3. The van der Waals surface area contributed by atoms with E-state index in [0.717, 1.165) is 0 Å². The van der Waals surface area contributed by atoms with Crippen LogP contribution in [0.3, 0.4) is 0 Å². The van der Waals surface area contributed by atoms with E-state index in [1.54, 1.807) is 6.20 Å². The van der Waals surface area contributed by atoms with Gasteiger partial charge in [-0.25, -0.2) is 4.98 Å². The average Bonchev–Trinajstić information content (AvgIpc) is 3.20. The number of imidazole rings is 1. The maximum absolute atomic E-state index is 13.5. The lowest BCUT2D eigenvalue weighted by Gasteiger charge is -2.29. The number of aromatic nitrogens is 2. The van der Waals surface area contributed by atoms with E-state index >= 15 is 0 Å². The van der Waals surface area contributed by atoms with E-state index in [1.165, 1.54) is 35.4 Å². The molecule has 1 aliphatic carbocycles. The molecule has 2 fully saturated rings. The number of likely N-dealkylation sites (tertiary alicyclic amines) is 1. The number of nitrogens with one attached hydrogen (secondary N) is 2. The second-order valence-electron chi connectivity index (χ2n) is 8.75. The SMILES string of the molecule is NC(=O)C[C@@H](C#Cc1ncc[nH]1)NC(=O)[C@@H]1CCCN1C(=O)C1(c2ccc(OC(F)(F)F)cc2)CC1. The van der Waals surface area contributed by atoms with Gasteiger partial charge in [-0.1, -0.05) is 18.1 Å². The van der Waals surface area contributed by atoms with Gasteiger partial charge in [-0.05, 0) is 49.3 Å². The number of amides is 3. The zero-order valence-electron chi connectivity index (χ0n) is 19.1. The fraction of sp³-hybridized carbons (Fsp3) is 0.417. The molecule has 4 N–H and O–H groups in total.